The van der Waals surface area contributed by atoms with Crippen molar-refractivity contribution in [1.29, 1.82) is 0 Å². The Kier molecular flexibility index (Phi) is 2.42. The number of primary amides is 1. The highest BCUT2D eigenvalue weighted by molar-refractivity contribution is 6.00. The van der Waals surface area contributed by atoms with E-state index in [1.807, 2.05) is 0 Å². The van der Waals surface area contributed by atoms with E-state index in [-0.39, 0.29) is 16.8 Å². The summed E-state index contributed by atoms with van der Waals surface area (Å²) in [6.45, 7) is 1.58. The molecule has 0 atom stereocenters. The van der Waals surface area contributed by atoms with E-state index in [4.69, 9.17) is 16.6 Å². The molecule has 5 nitrogen and oxygen atoms in total. The lowest BCUT2D eigenvalue weighted by atomic mass is 10.0. The maximum Gasteiger partial charge on any atom is 0.336 e. The highest BCUT2D eigenvalue weighted by Gasteiger charge is 2.13. The minimum absolute atomic E-state index is 0.0764. The third-order valence-electron chi connectivity index (χ3n) is 1.89. The first-order chi connectivity index (χ1) is 6.43. The van der Waals surface area contributed by atoms with Crippen molar-refractivity contribution in [3.8, 4) is 0 Å². The van der Waals surface area contributed by atoms with Gasteiger partial charge < -0.3 is 16.6 Å². The van der Waals surface area contributed by atoms with Crippen LogP contribution in [0.2, 0.25) is 0 Å². The number of carbonyl (C=O) groups is 2. The molecule has 5 N–H and O–H groups in total. The molecule has 0 spiro atoms. The Labute approximate surface area is 80.3 Å². The number of rotatable bonds is 2. The van der Waals surface area contributed by atoms with Crippen LogP contribution in [-0.4, -0.2) is 17.0 Å². The number of anilines is 1. The first-order valence-electron chi connectivity index (χ1n) is 3.86. The van der Waals surface area contributed by atoms with Gasteiger partial charge in [-0.05, 0) is 24.6 Å². The summed E-state index contributed by atoms with van der Waals surface area (Å²) in [4.78, 5) is 21.5. The number of amides is 1. The first-order valence-corrected chi connectivity index (χ1v) is 3.86. The largest absolute Gasteiger partial charge is 0.478 e. The summed E-state index contributed by atoms with van der Waals surface area (Å²) in [5.74, 6) is -1.74. The predicted molar refractivity (Wildman–Crippen MR) is 51.1 cm³/mol. The van der Waals surface area contributed by atoms with E-state index in [1.54, 1.807) is 6.92 Å². The molecule has 5 heteroatoms. The van der Waals surface area contributed by atoms with E-state index < -0.39 is 11.9 Å². The van der Waals surface area contributed by atoms with E-state index >= 15 is 0 Å². The number of nitrogens with two attached hydrogens (primary N) is 2. The van der Waals surface area contributed by atoms with Crippen LogP contribution in [0.3, 0.4) is 0 Å². The summed E-state index contributed by atoms with van der Waals surface area (Å²) in [6, 6.07) is 2.61. The van der Waals surface area contributed by atoms with Gasteiger partial charge in [-0.3, -0.25) is 4.79 Å². The molecule has 0 aliphatic carbocycles. The average Bonchev–Trinajstić information content (AvgIpc) is 2.07. The van der Waals surface area contributed by atoms with Crippen molar-refractivity contribution >= 4 is 17.6 Å². The second kappa shape index (κ2) is 3.37. The van der Waals surface area contributed by atoms with E-state index in [2.05, 4.69) is 0 Å². The molecule has 0 unspecified atom stereocenters. The lowest BCUT2D eigenvalue weighted by molar-refractivity contribution is 0.0695. The van der Waals surface area contributed by atoms with Gasteiger partial charge in [0.25, 0.3) is 5.91 Å². The Balaban J connectivity index is 3.38. The van der Waals surface area contributed by atoms with Gasteiger partial charge in [-0.15, -0.1) is 0 Å². The number of aryl methyl sites for hydroxylation is 1. The van der Waals surface area contributed by atoms with E-state index in [0.717, 1.165) is 0 Å². The van der Waals surface area contributed by atoms with Crippen LogP contribution in [0.25, 0.3) is 0 Å². The molecule has 0 aliphatic heterocycles. The third kappa shape index (κ3) is 1.66. The van der Waals surface area contributed by atoms with Crippen LogP contribution in [0.15, 0.2) is 12.1 Å². The number of carbonyl (C=O) groups excluding carboxylic acids is 1. The molecule has 0 radical (unpaired) electrons. The lowest BCUT2D eigenvalue weighted by Crippen LogP contribution is -2.15. The molecular formula is C9H10N2O3. The summed E-state index contributed by atoms with van der Waals surface area (Å²) in [7, 11) is 0. The van der Waals surface area contributed by atoms with Crippen molar-refractivity contribution in [2.45, 2.75) is 6.92 Å². The van der Waals surface area contributed by atoms with Crippen molar-refractivity contribution in [1.82, 2.24) is 0 Å². The highest BCUT2D eigenvalue weighted by atomic mass is 16.4. The zero-order chi connectivity index (χ0) is 10.9. The molecule has 1 aromatic carbocycles. The quantitative estimate of drug-likeness (QED) is 0.591. The molecule has 1 aromatic rings. The third-order valence-corrected chi connectivity index (χ3v) is 1.89. The van der Waals surface area contributed by atoms with Crippen LogP contribution in [-0.2, 0) is 0 Å². The Bertz CT molecular complexity index is 373. The van der Waals surface area contributed by atoms with Gasteiger partial charge in [0.2, 0.25) is 0 Å². The molecule has 0 fully saturated rings. The monoisotopic (exact) mass is 194 g/mol. The van der Waals surface area contributed by atoms with Crippen molar-refractivity contribution in [2.24, 2.45) is 5.73 Å². The zero-order valence-electron chi connectivity index (χ0n) is 7.57. The molecule has 1 rings (SSSR count). The molecule has 0 aliphatic rings. The van der Waals surface area contributed by atoms with Gasteiger partial charge in [0.05, 0.1) is 11.1 Å². The number of aromatic carboxylic acids is 1. The molecule has 74 valence electrons. The second-order valence-electron chi connectivity index (χ2n) is 2.92. The van der Waals surface area contributed by atoms with Gasteiger partial charge in [-0.2, -0.15) is 0 Å². The molecule has 0 saturated heterocycles. The summed E-state index contributed by atoms with van der Waals surface area (Å²) >= 11 is 0. The summed E-state index contributed by atoms with van der Waals surface area (Å²) in [6.07, 6.45) is 0. The number of carboxylic acids is 1. The van der Waals surface area contributed by atoms with Gasteiger partial charge in [0.15, 0.2) is 0 Å². The van der Waals surface area contributed by atoms with E-state index in [9.17, 15) is 9.59 Å². The zero-order valence-corrected chi connectivity index (χ0v) is 7.57. The lowest BCUT2D eigenvalue weighted by Gasteiger charge is -2.06. The second-order valence-corrected chi connectivity index (χ2v) is 2.92. The predicted octanol–water partition coefficient (Wildman–Crippen LogP) is 0.374. The minimum atomic E-state index is -1.08. The highest BCUT2D eigenvalue weighted by Crippen LogP contribution is 2.18. The van der Waals surface area contributed by atoms with Gasteiger partial charge in [-0.1, -0.05) is 0 Å². The number of nitrogen functional groups attached to an aromatic ring is 1. The first kappa shape index (κ1) is 10.0. The van der Waals surface area contributed by atoms with Crippen LogP contribution in [0.1, 0.15) is 26.3 Å². The maximum absolute atomic E-state index is 10.8. The Morgan fingerprint density at radius 2 is 1.86 bits per heavy atom. The summed E-state index contributed by atoms with van der Waals surface area (Å²) in [5.41, 5.74) is 11.3. The van der Waals surface area contributed by atoms with E-state index in [0.29, 0.717) is 5.56 Å². The minimum Gasteiger partial charge on any atom is -0.478 e. The average molecular weight is 194 g/mol. The molecule has 0 aromatic heterocycles. The van der Waals surface area contributed by atoms with Crippen molar-refractivity contribution < 1.29 is 14.7 Å². The van der Waals surface area contributed by atoms with Crippen LogP contribution < -0.4 is 11.5 Å². The fourth-order valence-corrected chi connectivity index (χ4v) is 1.17. The number of carboxylic acid groups (broad SMARTS) is 1. The van der Waals surface area contributed by atoms with Gasteiger partial charge in [0, 0.05) is 5.69 Å². The summed E-state index contributed by atoms with van der Waals surface area (Å²) < 4.78 is 0. The van der Waals surface area contributed by atoms with E-state index in [1.165, 1.54) is 12.1 Å². The summed E-state index contributed by atoms with van der Waals surface area (Å²) in [5, 5.41) is 8.75. The number of hydrogen-bond donors (Lipinski definition) is 3. The Morgan fingerprint density at radius 3 is 2.29 bits per heavy atom. The SMILES string of the molecule is Cc1cc(C(N)=O)c(N)cc1C(=O)O. The number of hydrogen-bond acceptors (Lipinski definition) is 3. The van der Waals surface area contributed by atoms with Crippen molar-refractivity contribution in [2.75, 3.05) is 5.73 Å². The smallest absolute Gasteiger partial charge is 0.336 e. The Hall–Kier alpha value is -2.04. The molecule has 1 amide bonds. The van der Waals surface area contributed by atoms with Gasteiger partial charge >= 0.3 is 5.97 Å². The molecule has 0 saturated carbocycles. The molecule has 0 bridgehead atoms. The maximum atomic E-state index is 10.8. The van der Waals surface area contributed by atoms with Crippen LogP contribution in [0, 0.1) is 6.92 Å². The van der Waals surface area contributed by atoms with Crippen molar-refractivity contribution in [3.05, 3.63) is 28.8 Å². The Morgan fingerprint density at radius 1 is 1.29 bits per heavy atom. The molecular weight excluding hydrogens is 184 g/mol. The van der Waals surface area contributed by atoms with Gasteiger partial charge in [-0.25, -0.2) is 4.79 Å². The number of benzene rings is 1. The standard InChI is InChI=1S/C9H10N2O3/c1-4-2-6(8(11)12)7(10)3-5(4)9(13)14/h2-3H,10H2,1H3,(H2,11,12)(H,13,14). The molecule has 14 heavy (non-hydrogen) atoms. The van der Waals surface area contributed by atoms with Gasteiger partial charge in [0.1, 0.15) is 0 Å². The van der Waals surface area contributed by atoms with Crippen LogP contribution >= 0.6 is 0 Å². The fourth-order valence-electron chi connectivity index (χ4n) is 1.17. The normalized spacial score (nSPS) is 9.79. The van der Waals surface area contributed by atoms with Crippen molar-refractivity contribution in [3.63, 3.8) is 0 Å². The molecule has 0 heterocycles. The van der Waals surface area contributed by atoms with Crippen LogP contribution in [0.4, 0.5) is 5.69 Å². The fraction of sp³-hybridized carbons (Fsp3) is 0.111. The topological polar surface area (TPSA) is 106 Å². The van der Waals surface area contributed by atoms with Crippen LogP contribution in [0.5, 0.6) is 0 Å².